The molecule has 3 nitrogen and oxygen atoms in total. The quantitative estimate of drug-likeness (QED) is 0.382. The van der Waals surface area contributed by atoms with Gasteiger partial charge in [-0.05, 0) is 47.9 Å². The van der Waals surface area contributed by atoms with Crippen molar-refractivity contribution in [2.45, 2.75) is 24.3 Å². The van der Waals surface area contributed by atoms with Gasteiger partial charge in [0.1, 0.15) is 5.82 Å². The largest absolute Gasteiger partial charge is 0.274 e. The SMILES string of the molecule is Cc1cccc(-n2c(Cc3ccccc3)nnc2SCc2ccc(F)c(F)c2)c1. The first-order chi connectivity index (χ1) is 14.1. The van der Waals surface area contributed by atoms with Crippen LogP contribution in [0.2, 0.25) is 0 Å². The van der Waals surface area contributed by atoms with Crippen LogP contribution in [0, 0.1) is 18.6 Å². The second kappa shape index (κ2) is 8.57. The Morgan fingerprint density at radius 2 is 1.66 bits per heavy atom. The number of aryl methyl sites for hydroxylation is 1. The standard InChI is InChI=1S/C23H19F2N3S/c1-16-6-5-9-19(12-16)28-22(14-17-7-3-2-4-8-17)26-27-23(28)29-15-18-10-11-20(24)21(25)13-18/h2-13H,14-15H2,1H3. The van der Waals surface area contributed by atoms with Gasteiger partial charge in [0.05, 0.1) is 0 Å². The van der Waals surface area contributed by atoms with Crippen molar-refractivity contribution in [2.24, 2.45) is 0 Å². The molecule has 0 N–H and O–H groups in total. The predicted octanol–water partition coefficient (Wildman–Crippen LogP) is 5.74. The highest BCUT2D eigenvalue weighted by molar-refractivity contribution is 7.98. The van der Waals surface area contributed by atoms with Gasteiger partial charge in [-0.1, -0.05) is 60.3 Å². The molecule has 6 heteroatoms. The second-order valence-corrected chi connectivity index (χ2v) is 7.72. The molecule has 0 saturated carbocycles. The molecule has 4 rings (SSSR count). The molecule has 4 aromatic rings. The van der Waals surface area contributed by atoms with E-state index in [1.54, 1.807) is 6.07 Å². The Labute approximate surface area is 172 Å². The number of halogens is 2. The molecule has 0 aliphatic carbocycles. The Bertz CT molecular complexity index is 1130. The summed E-state index contributed by atoms with van der Waals surface area (Å²) in [5, 5.41) is 9.52. The van der Waals surface area contributed by atoms with Gasteiger partial charge in [0.2, 0.25) is 0 Å². The van der Waals surface area contributed by atoms with Gasteiger partial charge < -0.3 is 0 Å². The number of hydrogen-bond donors (Lipinski definition) is 0. The third kappa shape index (κ3) is 4.54. The van der Waals surface area contributed by atoms with Crippen LogP contribution in [0.25, 0.3) is 5.69 Å². The van der Waals surface area contributed by atoms with Gasteiger partial charge in [-0.15, -0.1) is 10.2 Å². The van der Waals surface area contributed by atoms with Crippen LogP contribution in [-0.2, 0) is 12.2 Å². The molecule has 0 aliphatic heterocycles. The zero-order chi connectivity index (χ0) is 20.2. The minimum Gasteiger partial charge on any atom is -0.274 e. The Hall–Kier alpha value is -2.99. The summed E-state index contributed by atoms with van der Waals surface area (Å²) in [5.41, 5.74) is 3.95. The summed E-state index contributed by atoms with van der Waals surface area (Å²) >= 11 is 1.45. The lowest BCUT2D eigenvalue weighted by atomic mass is 10.1. The van der Waals surface area contributed by atoms with Crippen molar-refractivity contribution in [1.29, 1.82) is 0 Å². The molecular weight excluding hydrogens is 388 g/mol. The Balaban J connectivity index is 1.66. The Morgan fingerprint density at radius 3 is 2.41 bits per heavy atom. The molecule has 0 radical (unpaired) electrons. The summed E-state index contributed by atoms with van der Waals surface area (Å²) in [6.45, 7) is 2.04. The average molecular weight is 407 g/mol. The molecule has 3 aromatic carbocycles. The Morgan fingerprint density at radius 1 is 0.828 bits per heavy atom. The highest BCUT2D eigenvalue weighted by Gasteiger charge is 2.16. The minimum atomic E-state index is -0.841. The fourth-order valence-corrected chi connectivity index (χ4v) is 4.00. The van der Waals surface area contributed by atoms with Crippen LogP contribution in [0.1, 0.15) is 22.5 Å². The third-order valence-corrected chi connectivity index (χ3v) is 5.52. The van der Waals surface area contributed by atoms with E-state index in [4.69, 9.17) is 0 Å². The molecule has 0 unspecified atom stereocenters. The average Bonchev–Trinajstić information content (AvgIpc) is 3.12. The van der Waals surface area contributed by atoms with Gasteiger partial charge in [-0.3, -0.25) is 4.57 Å². The number of aromatic nitrogens is 3. The molecular formula is C23H19F2N3S. The smallest absolute Gasteiger partial charge is 0.196 e. The van der Waals surface area contributed by atoms with Crippen LogP contribution in [0.4, 0.5) is 8.78 Å². The molecule has 0 atom stereocenters. The van der Waals surface area contributed by atoms with Crippen LogP contribution in [-0.4, -0.2) is 14.8 Å². The number of rotatable bonds is 6. The van der Waals surface area contributed by atoms with Crippen molar-refractivity contribution in [3.8, 4) is 5.69 Å². The van der Waals surface area contributed by atoms with Gasteiger partial charge in [0, 0.05) is 17.9 Å². The van der Waals surface area contributed by atoms with E-state index in [0.717, 1.165) is 28.7 Å². The van der Waals surface area contributed by atoms with E-state index in [9.17, 15) is 8.78 Å². The zero-order valence-corrected chi connectivity index (χ0v) is 16.7. The fraction of sp³-hybridized carbons (Fsp3) is 0.130. The summed E-state index contributed by atoms with van der Waals surface area (Å²) in [5.74, 6) is -0.388. The highest BCUT2D eigenvalue weighted by Crippen LogP contribution is 2.27. The first kappa shape index (κ1) is 19.3. The fourth-order valence-electron chi connectivity index (χ4n) is 3.09. The van der Waals surface area contributed by atoms with E-state index in [1.807, 2.05) is 47.9 Å². The van der Waals surface area contributed by atoms with Crippen LogP contribution < -0.4 is 0 Å². The van der Waals surface area contributed by atoms with E-state index in [1.165, 1.54) is 17.8 Å². The first-order valence-corrected chi connectivity index (χ1v) is 10.2. The van der Waals surface area contributed by atoms with Gasteiger partial charge in [0.25, 0.3) is 0 Å². The molecule has 1 heterocycles. The third-order valence-electron chi connectivity index (χ3n) is 4.52. The van der Waals surface area contributed by atoms with Crippen LogP contribution in [0.15, 0.2) is 78.0 Å². The summed E-state index contributed by atoms with van der Waals surface area (Å²) in [6.07, 6.45) is 0.646. The Kier molecular flexibility index (Phi) is 5.71. The topological polar surface area (TPSA) is 30.7 Å². The van der Waals surface area contributed by atoms with Crippen molar-refractivity contribution < 1.29 is 8.78 Å². The summed E-state index contributed by atoms with van der Waals surface area (Å²) in [4.78, 5) is 0. The zero-order valence-electron chi connectivity index (χ0n) is 15.8. The van der Waals surface area contributed by atoms with Gasteiger partial charge in [-0.25, -0.2) is 8.78 Å². The van der Waals surface area contributed by atoms with Crippen molar-refractivity contribution in [1.82, 2.24) is 14.8 Å². The van der Waals surface area contributed by atoms with Crippen molar-refractivity contribution in [2.75, 3.05) is 0 Å². The lowest BCUT2D eigenvalue weighted by Gasteiger charge is -2.11. The molecule has 0 spiro atoms. The monoisotopic (exact) mass is 407 g/mol. The summed E-state index contributed by atoms with van der Waals surface area (Å²) < 4.78 is 28.7. The van der Waals surface area contributed by atoms with Gasteiger partial charge in [-0.2, -0.15) is 0 Å². The van der Waals surface area contributed by atoms with Gasteiger partial charge in [0.15, 0.2) is 16.8 Å². The number of thioether (sulfide) groups is 1. The molecule has 0 amide bonds. The summed E-state index contributed by atoms with van der Waals surface area (Å²) in [6, 6.07) is 22.2. The molecule has 29 heavy (non-hydrogen) atoms. The van der Waals surface area contributed by atoms with E-state index < -0.39 is 11.6 Å². The molecule has 146 valence electrons. The van der Waals surface area contributed by atoms with E-state index in [-0.39, 0.29) is 0 Å². The number of hydrogen-bond acceptors (Lipinski definition) is 3. The lowest BCUT2D eigenvalue weighted by Crippen LogP contribution is -2.04. The normalized spacial score (nSPS) is 11.0. The minimum absolute atomic E-state index is 0.465. The van der Waals surface area contributed by atoms with Crippen LogP contribution in [0.5, 0.6) is 0 Å². The summed E-state index contributed by atoms with van der Waals surface area (Å²) in [7, 11) is 0. The maximum atomic E-state index is 13.5. The van der Waals surface area contributed by atoms with E-state index >= 15 is 0 Å². The predicted molar refractivity (Wildman–Crippen MR) is 111 cm³/mol. The lowest BCUT2D eigenvalue weighted by molar-refractivity contribution is 0.507. The number of nitrogens with zero attached hydrogens (tertiary/aromatic N) is 3. The van der Waals surface area contributed by atoms with Gasteiger partial charge >= 0.3 is 0 Å². The first-order valence-electron chi connectivity index (χ1n) is 9.22. The molecule has 1 aromatic heterocycles. The number of benzene rings is 3. The maximum Gasteiger partial charge on any atom is 0.196 e. The van der Waals surface area contributed by atoms with E-state index in [0.29, 0.717) is 22.9 Å². The molecule has 0 bridgehead atoms. The molecule has 0 saturated heterocycles. The van der Waals surface area contributed by atoms with Crippen molar-refractivity contribution in [3.63, 3.8) is 0 Å². The van der Waals surface area contributed by atoms with Crippen molar-refractivity contribution in [3.05, 3.63) is 107 Å². The second-order valence-electron chi connectivity index (χ2n) is 6.77. The van der Waals surface area contributed by atoms with Crippen molar-refractivity contribution >= 4 is 11.8 Å². The van der Waals surface area contributed by atoms with E-state index in [2.05, 4.69) is 28.4 Å². The maximum absolute atomic E-state index is 13.5. The van der Waals surface area contributed by atoms with Crippen LogP contribution in [0.3, 0.4) is 0 Å². The molecule has 0 aliphatic rings. The molecule has 0 fully saturated rings. The van der Waals surface area contributed by atoms with Crippen LogP contribution >= 0.6 is 11.8 Å². The highest BCUT2D eigenvalue weighted by atomic mass is 32.2.